The summed E-state index contributed by atoms with van der Waals surface area (Å²) in [5.74, 6) is 1.64. The van der Waals surface area contributed by atoms with Crippen LogP contribution in [0.25, 0.3) is 0 Å². The Hall–Kier alpha value is -0.610. The zero-order valence-corrected chi connectivity index (χ0v) is 12.4. The lowest BCUT2D eigenvalue weighted by Crippen LogP contribution is -2.50. The number of hydrogen-bond donors (Lipinski definition) is 2. The molecule has 0 aromatic heterocycles. The Balaban J connectivity index is 1.54. The fraction of sp³-hybridized carbons (Fsp3) is 0.938. The van der Waals surface area contributed by atoms with Gasteiger partial charge in [0, 0.05) is 31.2 Å². The lowest BCUT2D eigenvalue weighted by Gasteiger charge is -2.43. The molecule has 0 radical (unpaired) electrons. The van der Waals surface area contributed by atoms with Gasteiger partial charge in [-0.1, -0.05) is 6.42 Å². The van der Waals surface area contributed by atoms with Crippen LogP contribution in [0.5, 0.6) is 0 Å². The number of nitrogens with one attached hydrogen (secondary N) is 1. The van der Waals surface area contributed by atoms with Crippen LogP contribution in [0, 0.1) is 17.8 Å². The Bertz CT molecular complexity index is 325. The standard InChI is InChI=1S/C16H28N2O2/c17-15-11-3-1-4-12(15)10-13(9-11)16(19)18-14-5-2-7-20-8-6-14/h11-15H,1-10,17H2,(H,18,19). The van der Waals surface area contributed by atoms with E-state index in [9.17, 15) is 4.79 Å². The SMILES string of the molecule is NC1C2CCCC1CC(C(=O)NC1CCCOCC1)C2. The Morgan fingerprint density at radius 2 is 1.75 bits per heavy atom. The average molecular weight is 280 g/mol. The zero-order chi connectivity index (χ0) is 13.9. The monoisotopic (exact) mass is 280 g/mol. The first-order valence-corrected chi connectivity index (χ1v) is 8.37. The molecule has 1 heterocycles. The van der Waals surface area contributed by atoms with Gasteiger partial charge in [-0.05, 0) is 56.8 Å². The molecule has 3 fully saturated rings. The molecular formula is C16H28N2O2. The molecule has 3 rings (SSSR count). The Morgan fingerprint density at radius 3 is 2.50 bits per heavy atom. The van der Waals surface area contributed by atoms with Crippen molar-refractivity contribution in [1.29, 1.82) is 0 Å². The van der Waals surface area contributed by atoms with Crippen molar-refractivity contribution in [2.75, 3.05) is 13.2 Å². The van der Waals surface area contributed by atoms with Gasteiger partial charge < -0.3 is 15.8 Å². The fourth-order valence-corrected chi connectivity index (χ4v) is 4.37. The van der Waals surface area contributed by atoms with Crippen LogP contribution < -0.4 is 11.1 Å². The minimum atomic E-state index is 0.203. The summed E-state index contributed by atoms with van der Waals surface area (Å²) in [5.41, 5.74) is 6.30. The minimum Gasteiger partial charge on any atom is -0.381 e. The molecule has 4 heteroatoms. The number of hydrogen-bond acceptors (Lipinski definition) is 3. The second-order valence-corrected chi connectivity index (χ2v) is 6.95. The van der Waals surface area contributed by atoms with Gasteiger partial charge in [0.25, 0.3) is 0 Å². The van der Waals surface area contributed by atoms with E-state index in [2.05, 4.69) is 5.32 Å². The summed E-state index contributed by atoms with van der Waals surface area (Å²) in [7, 11) is 0. The Morgan fingerprint density at radius 1 is 1.00 bits per heavy atom. The summed E-state index contributed by atoms with van der Waals surface area (Å²) in [6.07, 6.45) is 8.84. The number of nitrogens with two attached hydrogens (primary N) is 1. The molecule has 1 saturated heterocycles. The van der Waals surface area contributed by atoms with Crippen LogP contribution in [0.4, 0.5) is 0 Å². The third kappa shape index (κ3) is 3.17. The smallest absolute Gasteiger partial charge is 0.223 e. The van der Waals surface area contributed by atoms with Gasteiger partial charge in [0.15, 0.2) is 0 Å². The van der Waals surface area contributed by atoms with Crippen LogP contribution >= 0.6 is 0 Å². The average Bonchev–Trinajstić information content (AvgIpc) is 2.67. The predicted molar refractivity (Wildman–Crippen MR) is 78.1 cm³/mol. The molecule has 2 saturated carbocycles. The van der Waals surface area contributed by atoms with Crippen molar-refractivity contribution in [1.82, 2.24) is 5.32 Å². The largest absolute Gasteiger partial charge is 0.381 e. The molecule has 1 amide bonds. The quantitative estimate of drug-likeness (QED) is 0.811. The van der Waals surface area contributed by atoms with Gasteiger partial charge in [0.2, 0.25) is 5.91 Å². The molecule has 0 aromatic carbocycles. The first-order valence-electron chi connectivity index (χ1n) is 8.37. The molecule has 3 atom stereocenters. The van der Waals surface area contributed by atoms with E-state index < -0.39 is 0 Å². The second kappa shape index (κ2) is 6.44. The maximum absolute atomic E-state index is 12.5. The summed E-state index contributed by atoms with van der Waals surface area (Å²) in [4.78, 5) is 12.5. The highest BCUT2D eigenvalue weighted by atomic mass is 16.5. The molecule has 0 spiro atoms. The van der Waals surface area contributed by atoms with Gasteiger partial charge in [0.05, 0.1) is 0 Å². The van der Waals surface area contributed by atoms with Gasteiger partial charge >= 0.3 is 0 Å². The molecule has 2 bridgehead atoms. The van der Waals surface area contributed by atoms with E-state index in [-0.39, 0.29) is 11.8 Å². The molecule has 20 heavy (non-hydrogen) atoms. The number of amides is 1. The number of fused-ring (bicyclic) bond motifs is 2. The summed E-state index contributed by atoms with van der Waals surface area (Å²) in [6.45, 7) is 1.63. The Kier molecular flexibility index (Phi) is 4.61. The zero-order valence-electron chi connectivity index (χ0n) is 12.4. The highest BCUT2D eigenvalue weighted by molar-refractivity contribution is 5.79. The highest BCUT2D eigenvalue weighted by Gasteiger charge is 2.40. The summed E-state index contributed by atoms with van der Waals surface area (Å²) in [5, 5.41) is 3.27. The van der Waals surface area contributed by atoms with Gasteiger partial charge in [-0.2, -0.15) is 0 Å². The van der Waals surface area contributed by atoms with E-state index >= 15 is 0 Å². The molecule has 1 aliphatic heterocycles. The maximum atomic E-state index is 12.5. The van der Waals surface area contributed by atoms with Crippen LogP contribution in [-0.4, -0.2) is 31.2 Å². The first kappa shape index (κ1) is 14.3. The molecule has 3 N–H and O–H groups in total. The van der Waals surface area contributed by atoms with Crippen molar-refractivity contribution in [3.05, 3.63) is 0 Å². The molecule has 0 aromatic rings. The van der Waals surface area contributed by atoms with Crippen LogP contribution in [0.15, 0.2) is 0 Å². The lowest BCUT2D eigenvalue weighted by molar-refractivity contribution is -0.128. The summed E-state index contributed by atoms with van der Waals surface area (Å²) in [6, 6.07) is 0.666. The second-order valence-electron chi connectivity index (χ2n) is 6.95. The summed E-state index contributed by atoms with van der Waals surface area (Å²) < 4.78 is 5.46. The molecule has 4 nitrogen and oxygen atoms in total. The van der Waals surface area contributed by atoms with Crippen LogP contribution in [-0.2, 0) is 9.53 Å². The number of carbonyl (C=O) groups excluding carboxylic acids is 1. The van der Waals surface area contributed by atoms with E-state index in [0.29, 0.717) is 23.9 Å². The van der Waals surface area contributed by atoms with E-state index in [0.717, 1.165) is 45.3 Å². The third-order valence-electron chi connectivity index (χ3n) is 5.58. The van der Waals surface area contributed by atoms with Gasteiger partial charge in [-0.3, -0.25) is 4.79 Å². The lowest BCUT2D eigenvalue weighted by atomic mass is 9.65. The van der Waals surface area contributed by atoms with Gasteiger partial charge in [-0.25, -0.2) is 0 Å². The van der Waals surface area contributed by atoms with Gasteiger partial charge in [0.1, 0.15) is 0 Å². The normalized spacial score (nSPS) is 41.8. The predicted octanol–water partition coefficient (Wildman–Crippen LogP) is 1.83. The molecule has 114 valence electrons. The van der Waals surface area contributed by atoms with Crippen molar-refractivity contribution in [3.8, 4) is 0 Å². The third-order valence-corrected chi connectivity index (χ3v) is 5.58. The minimum absolute atomic E-state index is 0.203. The highest BCUT2D eigenvalue weighted by Crippen LogP contribution is 2.41. The van der Waals surface area contributed by atoms with Crippen molar-refractivity contribution < 1.29 is 9.53 Å². The van der Waals surface area contributed by atoms with Crippen LogP contribution in [0.1, 0.15) is 51.4 Å². The van der Waals surface area contributed by atoms with Crippen molar-refractivity contribution >= 4 is 5.91 Å². The van der Waals surface area contributed by atoms with Crippen molar-refractivity contribution in [2.24, 2.45) is 23.5 Å². The fourth-order valence-electron chi connectivity index (χ4n) is 4.37. The van der Waals surface area contributed by atoms with Crippen molar-refractivity contribution in [2.45, 2.75) is 63.5 Å². The van der Waals surface area contributed by atoms with E-state index in [1.807, 2.05) is 0 Å². The van der Waals surface area contributed by atoms with E-state index in [1.165, 1.54) is 19.3 Å². The van der Waals surface area contributed by atoms with Crippen LogP contribution in [0.2, 0.25) is 0 Å². The molecular weight excluding hydrogens is 252 g/mol. The number of rotatable bonds is 2. The van der Waals surface area contributed by atoms with Crippen LogP contribution in [0.3, 0.4) is 0 Å². The maximum Gasteiger partial charge on any atom is 0.223 e. The number of ether oxygens (including phenoxy) is 1. The summed E-state index contributed by atoms with van der Waals surface area (Å²) >= 11 is 0. The molecule has 3 unspecified atom stereocenters. The van der Waals surface area contributed by atoms with E-state index in [1.54, 1.807) is 0 Å². The van der Waals surface area contributed by atoms with Gasteiger partial charge in [-0.15, -0.1) is 0 Å². The number of carbonyl (C=O) groups is 1. The first-order chi connectivity index (χ1) is 9.74. The topological polar surface area (TPSA) is 64.4 Å². The molecule has 3 aliphatic rings. The molecule has 2 aliphatic carbocycles. The Labute approximate surface area is 121 Å². The van der Waals surface area contributed by atoms with E-state index in [4.69, 9.17) is 10.5 Å². The van der Waals surface area contributed by atoms with Crippen molar-refractivity contribution in [3.63, 3.8) is 0 Å².